The molecule has 0 aliphatic carbocycles. The molecule has 120 valence electrons. The van der Waals surface area contributed by atoms with E-state index < -0.39 is 0 Å². The van der Waals surface area contributed by atoms with Gasteiger partial charge in [0, 0.05) is 30.3 Å². The van der Waals surface area contributed by atoms with Crippen LogP contribution in [-0.2, 0) is 13.0 Å². The van der Waals surface area contributed by atoms with Crippen molar-refractivity contribution in [2.24, 2.45) is 0 Å². The lowest BCUT2D eigenvalue weighted by Gasteiger charge is -2.30. The standard InChI is InChI=1S/C16H18N4OS2/c1-9(16-19-18-10(2)21-16)20-5-4-14-12(7-20)6-15(23-14)13-8-22-11(3)17-13/h6,8-9H,4-5,7H2,1-3H3/t9-/m0/s1. The molecule has 0 bridgehead atoms. The van der Waals surface area contributed by atoms with Crippen molar-refractivity contribution in [3.8, 4) is 10.6 Å². The fourth-order valence-electron chi connectivity index (χ4n) is 2.93. The molecule has 7 heteroatoms. The predicted molar refractivity (Wildman–Crippen MR) is 91.7 cm³/mol. The number of aryl methyl sites for hydroxylation is 2. The largest absolute Gasteiger partial charge is 0.424 e. The van der Waals surface area contributed by atoms with Crippen molar-refractivity contribution >= 4 is 22.7 Å². The first-order chi connectivity index (χ1) is 11.1. The zero-order valence-corrected chi connectivity index (χ0v) is 15.0. The molecule has 3 aromatic rings. The summed E-state index contributed by atoms with van der Waals surface area (Å²) in [6.07, 6.45) is 1.07. The average molecular weight is 346 g/mol. The third-order valence-corrected chi connectivity index (χ3v) is 6.25. The van der Waals surface area contributed by atoms with Crippen LogP contribution in [0.4, 0.5) is 0 Å². The van der Waals surface area contributed by atoms with Crippen molar-refractivity contribution in [3.05, 3.63) is 38.7 Å². The number of hydrogen-bond acceptors (Lipinski definition) is 7. The molecule has 23 heavy (non-hydrogen) atoms. The van der Waals surface area contributed by atoms with E-state index in [4.69, 9.17) is 4.42 Å². The number of thiazole rings is 1. The van der Waals surface area contributed by atoms with E-state index in [2.05, 4.69) is 45.4 Å². The predicted octanol–water partition coefficient (Wildman–Crippen LogP) is 3.99. The Morgan fingerprint density at radius 3 is 2.87 bits per heavy atom. The van der Waals surface area contributed by atoms with E-state index in [1.165, 1.54) is 15.3 Å². The third-order valence-electron chi connectivity index (χ3n) is 4.21. The Balaban J connectivity index is 1.56. The molecule has 0 spiro atoms. The van der Waals surface area contributed by atoms with Gasteiger partial charge in [-0.1, -0.05) is 0 Å². The summed E-state index contributed by atoms with van der Waals surface area (Å²) >= 11 is 3.59. The first-order valence-electron chi connectivity index (χ1n) is 7.68. The maximum Gasteiger partial charge on any atom is 0.233 e. The van der Waals surface area contributed by atoms with Crippen molar-refractivity contribution in [1.82, 2.24) is 20.1 Å². The fraction of sp³-hybridized carbons (Fsp3) is 0.438. The van der Waals surface area contributed by atoms with Crippen LogP contribution in [0, 0.1) is 13.8 Å². The Hall–Kier alpha value is -1.57. The molecule has 0 fully saturated rings. The smallest absolute Gasteiger partial charge is 0.233 e. The lowest BCUT2D eigenvalue weighted by Crippen LogP contribution is -2.32. The molecule has 0 radical (unpaired) electrons. The second-order valence-corrected chi connectivity index (χ2v) is 8.07. The van der Waals surface area contributed by atoms with Gasteiger partial charge in [-0.2, -0.15) is 0 Å². The summed E-state index contributed by atoms with van der Waals surface area (Å²) in [6.45, 7) is 7.97. The van der Waals surface area contributed by atoms with Crippen molar-refractivity contribution < 1.29 is 4.42 Å². The van der Waals surface area contributed by atoms with E-state index in [9.17, 15) is 0 Å². The minimum atomic E-state index is 0.147. The quantitative estimate of drug-likeness (QED) is 0.718. The Bertz CT molecular complexity index is 835. The lowest BCUT2D eigenvalue weighted by atomic mass is 10.1. The number of nitrogens with zero attached hydrogens (tertiary/aromatic N) is 4. The third kappa shape index (κ3) is 2.84. The van der Waals surface area contributed by atoms with Gasteiger partial charge in [0.15, 0.2) is 0 Å². The zero-order valence-electron chi connectivity index (χ0n) is 13.4. The van der Waals surface area contributed by atoms with Gasteiger partial charge in [0.25, 0.3) is 0 Å². The van der Waals surface area contributed by atoms with Gasteiger partial charge in [-0.25, -0.2) is 4.98 Å². The highest BCUT2D eigenvalue weighted by molar-refractivity contribution is 7.16. The summed E-state index contributed by atoms with van der Waals surface area (Å²) in [5.41, 5.74) is 2.52. The molecule has 1 aliphatic heterocycles. The normalized spacial score (nSPS) is 16.5. The number of aromatic nitrogens is 3. The minimum absolute atomic E-state index is 0.147. The van der Waals surface area contributed by atoms with Gasteiger partial charge < -0.3 is 4.42 Å². The van der Waals surface area contributed by atoms with Gasteiger partial charge in [0.2, 0.25) is 11.8 Å². The topological polar surface area (TPSA) is 55.1 Å². The van der Waals surface area contributed by atoms with Crippen LogP contribution in [0.1, 0.15) is 40.2 Å². The number of fused-ring (bicyclic) bond motifs is 1. The van der Waals surface area contributed by atoms with E-state index in [1.54, 1.807) is 11.3 Å². The first-order valence-corrected chi connectivity index (χ1v) is 9.38. The van der Waals surface area contributed by atoms with Crippen LogP contribution in [0.25, 0.3) is 10.6 Å². The summed E-state index contributed by atoms with van der Waals surface area (Å²) in [6, 6.07) is 2.45. The molecule has 1 aliphatic rings. The second kappa shape index (κ2) is 5.81. The van der Waals surface area contributed by atoms with Crippen molar-refractivity contribution in [2.45, 2.75) is 39.8 Å². The molecular weight excluding hydrogens is 328 g/mol. The van der Waals surface area contributed by atoms with Crippen LogP contribution in [0.3, 0.4) is 0 Å². The summed E-state index contributed by atoms with van der Waals surface area (Å²) in [5, 5.41) is 11.4. The SMILES string of the molecule is Cc1nnc([C@H](C)N2CCc3sc(-c4csc(C)n4)cc3C2)o1. The molecule has 0 saturated carbocycles. The van der Waals surface area contributed by atoms with E-state index in [1.807, 2.05) is 18.3 Å². The maximum absolute atomic E-state index is 5.59. The summed E-state index contributed by atoms with van der Waals surface area (Å²) in [5.74, 6) is 1.33. The Morgan fingerprint density at radius 2 is 2.17 bits per heavy atom. The summed E-state index contributed by atoms with van der Waals surface area (Å²) in [4.78, 5) is 9.77. The van der Waals surface area contributed by atoms with E-state index >= 15 is 0 Å². The van der Waals surface area contributed by atoms with E-state index in [0.717, 1.165) is 30.2 Å². The Labute approximate surface area is 143 Å². The molecule has 0 amide bonds. The van der Waals surface area contributed by atoms with E-state index in [-0.39, 0.29) is 6.04 Å². The number of hydrogen-bond donors (Lipinski definition) is 0. The van der Waals surface area contributed by atoms with Gasteiger partial charge in [-0.05, 0) is 31.9 Å². The molecule has 3 aromatic heterocycles. The van der Waals surface area contributed by atoms with Crippen molar-refractivity contribution in [3.63, 3.8) is 0 Å². The van der Waals surface area contributed by atoms with Gasteiger partial charge in [-0.15, -0.1) is 32.9 Å². The van der Waals surface area contributed by atoms with Crippen LogP contribution < -0.4 is 0 Å². The first kappa shape index (κ1) is 15.0. The number of thiophene rings is 1. The van der Waals surface area contributed by atoms with Crippen molar-refractivity contribution in [1.29, 1.82) is 0 Å². The highest BCUT2D eigenvalue weighted by Gasteiger charge is 2.26. The molecule has 1 atom stereocenters. The van der Waals surface area contributed by atoms with Gasteiger partial charge in [-0.3, -0.25) is 4.90 Å². The maximum atomic E-state index is 5.59. The summed E-state index contributed by atoms with van der Waals surface area (Å²) < 4.78 is 5.59. The van der Waals surface area contributed by atoms with Gasteiger partial charge in [0.05, 0.1) is 21.6 Å². The highest BCUT2D eigenvalue weighted by atomic mass is 32.1. The van der Waals surface area contributed by atoms with Gasteiger partial charge >= 0.3 is 0 Å². The van der Waals surface area contributed by atoms with Crippen LogP contribution in [0.5, 0.6) is 0 Å². The van der Waals surface area contributed by atoms with Crippen LogP contribution >= 0.6 is 22.7 Å². The van der Waals surface area contributed by atoms with Crippen LogP contribution in [-0.4, -0.2) is 26.6 Å². The lowest BCUT2D eigenvalue weighted by molar-refractivity contribution is 0.166. The Kier molecular flexibility index (Phi) is 3.79. The van der Waals surface area contributed by atoms with Crippen LogP contribution in [0.2, 0.25) is 0 Å². The van der Waals surface area contributed by atoms with Crippen molar-refractivity contribution in [2.75, 3.05) is 6.54 Å². The second-order valence-electron chi connectivity index (χ2n) is 5.87. The van der Waals surface area contributed by atoms with E-state index in [0.29, 0.717) is 11.8 Å². The van der Waals surface area contributed by atoms with Crippen LogP contribution in [0.15, 0.2) is 15.9 Å². The number of rotatable bonds is 3. The summed E-state index contributed by atoms with van der Waals surface area (Å²) in [7, 11) is 0. The molecule has 5 nitrogen and oxygen atoms in total. The Morgan fingerprint density at radius 1 is 1.30 bits per heavy atom. The highest BCUT2D eigenvalue weighted by Crippen LogP contribution is 2.36. The molecule has 0 aromatic carbocycles. The average Bonchev–Trinajstić information content (AvgIpc) is 3.24. The molecule has 0 saturated heterocycles. The molecule has 0 N–H and O–H groups in total. The van der Waals surface area contributed by atoms with Gasteiger partial charge in [0.1, 0.15) is 0 Å². The molecule has 4 rings (SSSR count). The molecule has 0 unspecified atom stereocenters. The molecule has 4 heterocycles. The monoisotopic (exact) mass is 346 g/mol. The fourth-order valence-corrected chi connectivity index (χ4v) is 4.74. The minimum Gasteiger partial charge on any atom is -0.424 e. The molecular formula is C16H18N4OS2. The zero-order chi connectivity index (χ0) is 16.0.